The smallest absolute Gasteiger partial charge is 0.0781 e. The molecule has 0 spiro atoms. The highest BCUT2D eigenvalue weighted by Gasteiger charge is 2.33. The normalized spacial score (nSPS) is 31.0. The lowest BCUT2D eigenvalue weighted by Crippen LogP contribution is -2.43. The van der Waals surface area contributed by atoms with Gasteiger partial charge in [-0.2, -0.15) is 0 Å². The molecule has 3 rings (SSSR count). The highest BCUT2D eigenvalue weighted by Crippen LogP contribution is 2.34. The van der Waals surface area contributed by atoms with Gasteiger partial charge in [0.25, 0.3) is 0 Å². The number of aliphatic hydroxyl groups is 1. The summed E-state index contributed by atoms with van der Waals surface area (Å²) in [5, 5.41) is 17.4. The van der Waals surface area contributed by atoms with Gasteiger partial charge in [-0.25, -0.2) is 0 Å². The van der Waals surface area contributed by atoms with E-state index < -0.39 is 6.10 Å². The summed E-state index contributed by atoms with van der Waals surface area (Å²) in [4.78, 5) is 0. The van der Waals surface area contributed by atoms with Crippen LogP contribution in [0.1, 0.15) is 57.1 Å². The third-order valence-corrected chi connectivity index (χ3v) is 5.19. The number of benzene rings is 1. The molecule has 0 amide bonds. The fourth-order valence-electron chi connectivity index (χ4n) is 4.09. The average molecular weight is 288 g/mol. The van der Waals surface area contributed by atoms with Crippen LogP contribution >= 0.6 is 0 Å². The SMILES string of the molecule is CC(O)c1ccccc1NC1CCCCC1C1CCCN1. The molecule has 4 unspecified atom stereocenters. The van der Waals surface area contributed by atoms with Gasteiger partial charge in [0.2, 0.25) is 0 Å². The molecule has 3 heteroatoms. The Hall–Kier alpha value is -1.06. The second-order valence-corrected chi connectivity index (χ2v) is 6.67. The number of nitrogens with one attached hydrogen (secondary N) is 2. The zero-order chi connectivity index (χ0) is 14.7. The summed E-state index contributed by atoms with van der Waals surface area (Å²) in [7, 11) is 0. The van der Waals surface area contributed by atoms with Gasteiger partial charge in [-0.05, 0) is 51.1 Å². The Kier molecular flexibility index (Phi) is 4.81. The highest BCUT2D eigenvalue weighted by atomic mass is 16.3. The molecule has 1 aromatic rings. The van der Waals surface area contributed by atoms with E-state index in [9.17, 15) is 5.11 Å². The van der Waals surface area contributed by atoms with Gasteiger partial charge in [0.15, 0.2) is 0 Å². The molecule has 0 radical (unpaired) electrons. The monoisotopic (exact) mass is 288 g/mol. The van der Waals surface area contributed by atoms with Gasteiger partial charge in [-0.1, -0.05) is 31.0 Å². The Bertz CT molecular complexity index is 454. The minimum atomic E-state index is -0.416. The predicted octanol–water partition coefficient (Wildman–Crippen LogP) is 3.46. The van der Waals surface area contributed by atoms with E-state index in [1.54, 1.807) is 0 Å². The molecule has 1 aromatic carbocycles. The molecule has 3 nitrogen and oxygen atoms in total. The van der Waals surface area contributed by atoms with Crippen molar-refractivity contribution in [2.45, 2.75) is 63.6 Å². The van der Waals surface area contributed by atoms with Crippen LogP contribution in [0.15, 0.2) is 24.3 Å². The summed E-state index contributed by atoms with van der Waals surface area (Å²) in [5.41, 5.74) is 2.13. The Morgan fingerprint density at radius 2 is 1.95 bits per heavy atom. The van der Waals surface area contributed by atoms with E-state index in [1.165, 1.54) is 45.1 Å². The van der Waals surface area contributed by atoms with E-state index in [2.05, 4.69) is 22.8 Å². The molecular formula is C18H28N2O. The van der Waals surface area contributed by atoms with Crippen LogP contribution in [0.4, 0.5) is 5.69 Å². The number of anilines is 1. The van der Waals surface area contributed by atoms with Crippen LogP contribution in [0.25, 0.3) is 0 Å². The van der Waals surface area contributed by atoms with E-state index in [1.807, 2.05) is 19.1 Å². The van der Waals surface area contributed by atoms with Crippen molar-refractivity contribution in [2.75, 3.05) is 11.9 Å². The first kappa shape index (κ1) is 14.9. The molecule has 1 heterocycles. The van der Waals surface area contributed by atoms with E-state index in [-0.39, 0.29) is 0 Å². The zero-order valence-corrected chi connectivity index (χ0v) is 13.0. The van der Waals surface area contributed by atoms with E-state index in [0.717, 1.165) is 17.2 Å². The fourth-order valence-corrected chi connectivity index (χ4v) is 4.09. The Balaban J connectivity index is 1.75. The Labute approximate surface area is 128 Å². The topological polar surface area (TPSA) is 44.3 Å². The van der Waals surface area contributed by atoms with E-state index in [0.29, 0.717) is 12.1 Å². The van der Waals surface area contributed by atoms with Crippen LogP contribution in [0.2, 0.25) is 0 Å². The number of hydrogen-bond donors (Lipinski definition) is 3. The summed E-state index contributed by atoms with van der Waals surface area (Å²) in [6, 6.07) is 9.41. The third-order valence-electron chi connectivity index (χ3n) is 5.19. The van der Waals surface area contributed by atoms with Crippen LogP contribution in [0.5, 0.6) is 0 Å². The summed E-state index contributed by atoms with van der Waals surface area (Å²) in [6.07, 6.45) is 7.47. The Morgan fingerprint density at radius 1 is 1.14 bits per heavy atom. The van der Waals surface area contributed by atoms with Gasteiger partial charge >= 0.3 is 0 Å². The lowest BCUT2D eigenvalue weighted by atomic mass is 9.79. The number of para-hydroxylation sites is 1. The van der Waals surface area contributed by atoms with Crippen molar-refractivity contribution in [1.29, 1.82) is 0 Å². The molecule has 4 atom stereocenters. The number of rotatable bonds is 4. The standard InChI is InChI=1S/C18H28N2O/c1-13(21)14-7-2-4-9-17(14)20-18-10-5-3-8-15(18)16-11-6-12-19-16/h2,4,7,9,13,15-16,18-21H,3,5-6,8,10-12H2,1H3. The molecule has 2 fully saturated rings. The first-order valence-electron chi connectivity index (χ1n) is 8.52. The van der Waals surface area contributed by atoms with Gasteiger partial charge < -0.3 is 15.7 Å². The largest absolute Gasteiger partial charge is 0.389 e. The van der Waals surface area contributed by atoms with Crippen LogP contribution in [-0.2, 0) is 0 Å². The molecule has 2 aliphatic rings. The van der Waals surface area contributed by atoms with Crippen molar-refractivity contribution in [3.05, 3.63) is 29.8 Å². The third kappa shape index (κ3) is 3.41. The van der Waals surface area contributed by atoms with Crippen molar-refractivity contribution in [2.24, 2.45) is 5.92 Å². The van der Waals surface area contributed by atoms with E-state index in [4.69, 9.17) is 0 Å². The lowest BCUT2D eigenvalue weighted by Gasteiger charge is -2.37. The maximum Gasteiger partial charge on any atom is 0.0781 e. The molecule has 1 saturated heterocycles. The minimum absolute atomic E-state index is 0.416. The second kappa shape index (κ2) is 6.80. The minimum Gasteiger partial charge on any atom is -0.389 e. The molecule has 1 saturated carbocycles. The fraction of sp³-hybridized carbons (Fsp3) is 0.667. The Morgan fingerprint density at radius 3 is 2.71 bits per heavy atom. The molecule has 3 N–H and O–H groups in total. The zero-order valence-electron chi connectivity index (χ0n) is 13.0. The van der Waals surface area contributed by atoms with Crippen LogP contribution in [0, 0.1) is 5.92 Å². The van der Waals surface area contributed by atoms with Crippen LogP contribution in [-0.4, -0.2) is 23.7 Å². The van der Waals surface area contributed by atoms with Gasteiger partial charge in [0.1, 0.15) is 0 Å². The molecule has 1 aliphatic carbocycles. The molecule has 116 valence electrons. The van der Waals surface area contributed by atoms with Gasteiger partial charge in [0, 0.05) is 23.3 Å². The molecule has 21 heavy (non-hydrogen) atoms. The molecular weight excluding hydrogens is 260 g/mol. The number of aliphatic hydroxyl groups excluding tert-OH is 1. The van der Waals surface area contributed by atoms with Crippen molar-refractivity contribution in [1.82, 2.24) is 5.32 Å². The van der Waals surface area contributed by atoms with Crippen LogP contribution in [0.3, 0.4) is 0 Å². The maximum atomic E-state index is 9.96. The molecule has 1 aliphatic heterocycles. The first-order valence-corrected chi connectivity index (χ1v) is 8.52. The van der Waals surface area contributed by atoms with Crippen molar-refractivity contribution in [3.63, 3.8) is 0 Å². The quantitative estimate of drug-likeness (QED) is 0.795. The summed E-state index contributed by atoms with van der Waals surface area (Å²) < 4.78 is 0. The first-order chi connectivity index (χ1) is 10.3. The average Bonchev–Trinajstić information content (AvgIpc) is 3.02. The molecule has 0 aromatic heterocycles. The van der Waals surface area contributed by atoms with E-state index >= 15 is 0 Å². The van der Waals surface area contributed by atoms with Crippen molar-refractivity contribution < 1.29 is 5.11 Å². The molecule has 0 bridgehead atoms. The summed E-state index contributed by atoms with van der Waals surface area (Å²) >= 11 is 0. The predicted molar refractivity (Wildman–Crippen MR) is 87.5 cm³/mol. The van der Waals surface area contributed by atoms with Crippen molar-refractivity contribution >= 4 is 5.69 Å². The second-order valence-electron chi connectivity index (χ2n) is 6.67. The van der Waals surface area contributed by atoms with Gasteiger partial charge in [-0.3, -0.25) is 0 Å². The van der Waals surface area contributed by atoms with Gasteiger partial charge in [-0.15, -0.1) is 0 Å². The van der Waals surface area contributed by atoms with Gasteiger partial charge in [0.05, 0.1) is 6.10 Å². The summed E-state index contributed by atoms with van der Waals surface area (Å²) in [6.45, 7) is 3.02. The lowest BCUT2D eigenvalue weighted by molar-refractivity contribution is 0.199. The van der Waals surface area contributed by atoms with Crippen molar-refractivity contribution in [3.8, 4) is 0 Å². The van der Waals surface area contributed by atoms with Crippen LogP contribution < -0.4 is 10.6 Å². The maximum absolute atomic E-state index is 9.96. The highest BCUT2D eigenvalue weighted by molar-refractivity contribution is 5.53. The summed E-state index contributed by atoms with van der Waals surface area (Å²) in [5.74, 6) is 0.725. The number of hydrogen-bond acceptors (Lipinski definition) is 3.